The zero-order valence-corrected chi connectivity index (χ0v) is 11.9. The molecule has 0 heterocycles. The Morgan fingerprint density at radius 1 is 1.37 bits per heavy atom. The van der Waals surface area contributed by atoms with Gasteiger partial charge in [0.2, 0.25) is 0 Å². The molecule has 0 saturated heterocycles. The van der Waals surface area contributed by atoms with E-state index in [2.05, 4.69) is 0 Å². The zero-order valence-electron chi connectivity index (χ0n) is 11.9. The van der Waals surface area contributed by atoms with Crippen molar-refractivity contribution < 1.29 is 20.1 Å². The number of fused-ring (bicyclic) bond motifs is 1. The van der Waals surface area contributed by atoms with Gasteiger partial charge in [0, 0.05) is 23.8 Å². The average molecular weight is 266 g/mol. The molecule has 2 aliphatic carbocycles. The molecule has 4 nitrogen and oxygen atoms in total. The third-order valence-electron chi connectivity index (χ3n) is 4.50. The molecule has 4 heteroatoms. The smallest absolute Gasteiger partial charge is 0.162 e. The molecular weight excluding hydrogens is 244 g/mol. The first-order valence-corrected chi connectivity index (χ1v) is 6.62. The lowest BCUT2D eigenvalue weighted by Gasteiger charge is -2.45. The zero-order chi connectivity index (χ0) is 14.6. The number of ketones is 1. The Labute approximate surface area is 113 Å². The number of allylic oxidation sites excluding steroid dienone is 1. The van der Waals surface area contributed by atoms with Gasteiger partial charge in [-0.05, 0) is 38.0 Å². The van der Waals surface area contributed by atoms with Gasteiger partial charge in [-0.3, -0.25) is 4.79 Å². The van der Waals surface area contributed by atoms with Crippen LogP contribution in [0.3, 0.4) is 0 Å². The first-order chi connectivity index (χ1) is 8.57. The van der Waals surface area contributed by atoms with Crippen LogP contribution in [0.25, 0.3) is 0 Å². The number of aliphatic hydroxyl groups is 3. The topological polar surface area (TPSA) is 77.8 Å². The van der Waals surface area contributed by atoms with E-state index in [1.54, 1.807) is 19.9 Å². The number of hydrogen-bond acceptors (Lipinski definition) is 4. The maximum absolute atomic E-state index is 12.2. The first kappa shape index (κ1) is 14.4. The van der Waals surface area contributed by atoms with Gasteiger partial charge in [0.25, 0.3) is 0 Å². The molecule has 3 N–H and O–H groups in total. The third kappa shape index (κ3) is 2.18. The van der Waals surface area contributed by atoms with E-state index in [0.717, 1.165) is 11.1 Å². The fourth-order valence-corrected chi connectivity index (χ4v) is 3.12. The minimum absolute atomic E-state index is 0.137. The van der Waals surface area contributed by atoms with Crippen LogP contribution in [0.1, 0.15) is 40.5 Å². The van der Waals surface area contributed by atoms with E-state index in [0.29, 0.717) is 5.57 Å². The number of carbonyl (C=O) groups excluding carboxylic acids is 1. The molecule has 0 aromatic rings. The first-order valence-electron chi connectivity index (χ1n) is 6.62. The fourth-order valence-electron chi connectivity index (χ4n) is 3.12. The van der Waals surface area contributed by atoms with Gasteiger partial charge >= 0.3 is 0 Å². The summed E-state index contributed by atoms with van der Waals surface area (Å²) in [6.07, 6.45) is 0.649. The Morgan fingerprint density at radius 3 is 2.47 bits per heavy atom. The van der Waals surface area contributed by atoms with Gasteiger partial charge in [-0.15, -0.1) is 0 Å². The Balaban J connectivity index is 2.62. The van der Waals surface area contributed by atoms with Crippen LogP contribution in [0.5, 0.6) is 0 Å². The van der Waals surface area contributed by atoms with E-state index >= 15 is 0 Å². The molecule has 0 amide bonds. The molecule has 0 bridgehead atoms. The molecule has 2 rings (SSSR count). The summed E-state index contributed by atoms with van der Waals surface area (Å²) < 4.78 is 0. The van der Waals surface area contributed by atoms with Gasteiger partial charge < -0.3 is 15.3 Å². The molecule has 0 aromatic carbocycles. The lowest BCUT2D eigenvalue weighted by Crippen LogP contribution is -2.47. The second-order valence-corrected chi connectivity index (χ2v) is 6.50. The van der Waals surface area contributed by atoms with Crippen LogP contribution < -0.4 is 0 Å². The number of Topliss-reactive ketones (excluding diaryl/α,β-unsaturated/α-hetero) is 1. The quantitative estimate of drug-likeness (QED) is 0.664. The van der Waals surface area contributed by atoms with Gasteiger partial charge in [-0.2, -0.15) is 0 Å². The van der Waals surface area contributed by atoms with Crippen LogP contribution in [0, 0.1) is 5.41 Å². The second-order valence-electron chi connectivity index (χ2n) is 6.50. The SMILES string of the molecule is CC1=C2C=C(C(C)(C)O)C(=O)C[C@@]2(C)[C@H](O)C[C@H]1O. The summed E-state index contributed by atoms with van der Waals surface area (Å²) in [7, 11) is 0. The van der Waals surface area contributed by atoms with E-state index in [1.807, 2.05) is 13.8 Å². The van der Waals surface area contributed by atoms with Crippen molar-refractivity contribution >= 4 is 5.78 Å². The van der Waals surface area contributed by atoms with E-state index in [4.69, 9.17) is 0 Å². The average Bonchev–Trinajstić information content (AvgIpc) is 2.24. The molecule has 0 aliphatic heterocycles. The van der Waals surface area contributed by atoms with Gasteiger partial charge in [0.15, 0.2) is 5.78 Å². The minimum atomic E-state index is -1.21. The molecular formula is C15H22O4. The number of aliphatic hydroxyl groups excluding tert-OH is 2. The predicted molar refractivity (Wildman–Crippen MR) is 71.4 cm³/mol. The molecule has 0 fully saturated rings. The fraction of sp³-hybridized carbons (Fsp3) is 0.667. The normalized spacial score (nSPS) is 36.2. The maximum Gasteiger partial charge on any atom is 0.162 e. The van der Waals surface area contributed by atoms with Crippen molar-refractivity contribution in [2.75, 3.05) is 0 Å². The molecule has 0 radical (unpaired) electrons. The van der Waals surface area contributed by atoms with Crippen LogP contribution in [-0.2, 0) is 4.79 Å². The lowest BCUT2D eigenvalue weighted by molar-refractivity contribution is -0.122. The van der Waals surface area contributed by atoms with Crippen LogP contribution in [0.2, 0.25) is 0 Å². The van der Waals surface area contributed by atoms with Crippen molar-refractivity contribution in [2.24, 2.45) is 5.41 Å². The van der Waals surface area contributed by atoms with Crippen molar-refractivity contribution in [3.8, 4) is 0 Å². The predicted octanol–water partition coefficient (Wildman–Crippen LogP) is 1.10. The molecule has 0 spiro atoms. The Hall–Kier alpha value is -0.970. The second kappa shape index (κ2) is 4.27. The molecule has 0 saturated carbocycles. The summed E-state index contributed by atoms with van der Waals surface area (Å²) >= 11 is 0. The minimum Gasteiger partial charge on any atom is -0.392 e. The molecule has 19 heavy (non-hydrogen) atoms. The van der Waals surface area contributed by atoms with Crippen LogP contribution in [0.4, 0.5) is 0 Å². The summed E-state index contributed by atoms with van der Waals surface area (Å²) in [6, 6.07) is 0. The highest BCUT2D eigenvalue weighted by molar-refractivity contribution is 6.00. The molecule has 3 atom stereocenters. The Kier molecular flexibility index (Phi) is 3.24. The molecule has 106 valence electrons. The molecule has 2 aliphatic rings. The summed E-state index contributed by atoms with van der Waals surface area (Å²) in [5.74, 6) is -0.137. The van der Waals surface area contributed by atoms with Gasteiger partial charge in [-0.25, -0.2) is 0 Å². The van der Waals surface area contributed by atoms with Crippen molar-refractivity contribution in [3.63, 3.8) is 0 Å². The van der Waals surface area contributed by atoms with Crippen LogP contribution in [-0.4, -0.2) is 38.9 Å². The monoisotopic (exact) mass is 266 g/mol. The summed E-state index contributed by atoms with van der Waals surface area (Å²) in [4.78, 5) is 12.2. The number of carbonyl (C=O) groups is 1. The lowest BCUT2D eigenvalue weighted by atomic mass is 9.61. The highest BCUT2D eigenvalue weighted by Gasteiger charge is 2.48. The van der Waals surface area contributed by atoms with Gasteiger partial charge in [0.05, 0.1) is 17.8 Å². The Bertz CT molecular complexity index is 481. The van der Waals surface area contributed by atoms with Crippen molar-refractivity contribution in [3.05, 3.63) is 22.8 Å². The summed E-state index contributed by atoms with van der Waals surface area (Å²) in [5, 5.41) is 30.3. The molecule has 0 unspecified atom stereocenters. The van der Waals surface area contributed by atoms with Crippen LogP contribution >= 0.6 is 0 Å². The summed E-state index contributed by atoms with van der Waals surface area (Å²) in [5.41, 5.74) is 0.0481. The van der Waals surface area contributed by atoms with E-state index in [-0.39, 0.29) is 18.6 Å². The van der Waals surface area contributed by atoms with E-state index in [1.165, 1.54) is 0 Å². The van der Waals surface area contributed by atoms with E-state index < -0.39 is 23.2 Å². The van der Waals surface area contributed by atoms with Crippen LogP contribution in [0.15, 0.2) is 22.8 Å². The maximum atomic E-state index is 12.2. The third-order valence-corrected chi connectivity index (χ3v) is 4.50. The highest BCUT2D eigenvalue weighted by atomic mass is 16.3. The number of hydrogen-bond donors (Lipinski definition) is 3. The molecule has 0 aromatic heterocycles. The Morgan fingerprint density at radius 2 is 1.95 bits per heavy atom. The standard InChI is InChI=1S/C15H22O4/c1-8-9-5-10(14(2,3)19)12(17)7-15(9,4)13(18)6-11(8)16/h5,11,13,16,18-19H,6-7H2,1-4H3/t11-,13-,15-/m1/s1. The van der Waals surface area contributed by atoms with E-state index in [9.17, 15) is 20.1 Å². The van der Waals surface area contributed by atoms with Gasteiger partial charge in [0.1, 0.15) is 0 Å². The van der Waals surface area contributed by atoms with Crippen molar-refractivity contribution in [1.29, 1.82) is 0 Å². The number of rotatable bonds is 1. The highest BCUT2D eigenvalue weighted by Crippen LogP contribution is 2.48. The largest absolute Gasteiger partial charge is 0.392 e. The van der Waals surface area contributed by atoms with Crippen molar-refractivity contribution in [1.82, 2.24) is 0 Å². The summed E-state index contributed by atoms with van der Waals surface area (Å²) in [6.45, 7) is 6.81. The van der Waals surface area contributed by atoms with Crippen molar-refractivity contribution in [2.45, 2.75) is 58.3 Å². The van der Waals surface area contributed by atoms with Gasteiger partial charge in [-0.1, -0.05) is 6.92 Å².